The van der Waals surface area contributed by atoms with Crippen LogP contribution in [0.1, 0.15) is 25.0 Å². The van der Waals surface area contributed by atoms with Crippen molar-refractivity contribution in [1.29, 1.82) is 0 Å². The van der Waals surface area contributed by atoms with Crippen molar-refractivity contribution in [3.63, 3.8) is 0 Å². The molecule has 0 aliphatic carbocycles. The Morgan fingerprint density at radius 1 is 1.38 bits per heavy atom. The molecular weight excluding hydrogens is 296 g/mol. The molecule has 1 aromatic carbocycles. The van der Waals surface area contributed by atoms with Crippen LogP contribution >= 0.6 is 0 Å². The Balaban J connectivity index is 2.22. The zero-order valence-corrected chi connectivity index (χ0v) is 12.8. The predicted octanol–water partition coefficient (Wildman–Crippen LogP) is 1.49. The van der Waals surface area contributed by atoms with Gasteiger partial charge in [-0.2, -0.15) is 0 Å². The number of benzene rings is 1. The summed E-state index contributed by atoms with van der Waals surface area (Å²) in [6, 6.07) is 4.64. The van der Waals surface area contributed by atoms with Gasteiger partial charge in [0.1, 0.15) is 5.75 Å². The summed E-state index contributed by atoms with van der Waals surface area (Å²) in [6.07, 6.45) is 0.127. The molecule has 2 rings (SSSR count). The molecular formula is C14H18O6S. The summed E-state index contributed by atoms with van der Waals surface area (Å²) >= 11 is 0. The first kappa shape index (κ1) is 15.8. The first-order valence-electron chi connectivity index (χ1n) is 6.66. The second-order valence-corrected chi connectivity index (χ2v) is 6.70. The summed E-state index contributed by atoms with van der Waals surface area (Å²) in [4.78, 5) is 11.5. The summed E-state index contributed by atoms with van der Waals surface area (Å²) in [6.45, 7) is 1.79. The molecule has 0 fully saturated rings. The van der Waals surface area contributed by atoms with Gasteiger partial charge in [-0.15, -0.1) is 0 Å². The zero-order valence-electron chi connectivity index (χ0n) is 12.0. The molecule has 1 atom stereocenters. The van der Waals surface area contributed by atoms with Gasteiger partial charge in [-0.3, -0.25) is 0 Å². The average Bonchev–Trinajstić information content (AvgIpc) is 2.45. The van der Waals surface area contributed by atoms with Crippen molar-refractivity contribution in [2.45, 2.75) is 24.3 Å². The number of rotatable bonds is 5. The minimum Gasteiger partial charge on any atom is -0.482 e. The lowest BCUT2D eigenvalue weighted by molar-refractivity contribution is -0.145. The van der Waals surface area contributed by atoms with E-state index in [0.717, 1.165) is 0 Å². The maximum Gasteiger partial charge on any atom is 0.344 e. The second kappa shape index (κ2) is 6.44. The maximum absolute atomic E-state index is 12.0. The van der Waals surface area contributed by atoms with Crippen LogP contribution in [0.2, 0.25) is 0 Å². The van der Waals surface area contributed by atoms with Crippen molar-refractivity contribution in [3.05, 3.63) is 23.8 Å². The summed E-state index contributed by atoms with van der Waals surface area (Å²) < 4.78 is 39.5. The molecule has 1 heterocycles. The van der Waals surface area contributed by atoms with Gasteiger partial charge in [0.2, 0.25) is 0 Å². The van der Waals surface area contributed by atoms with E-state index in [1.165, 1.54) is 12.1 Å². The normalized spacial score (nSPS) is 19.6. The Bertz CT molecular complexity index is 622. The Morgan fingerprint density at radius 2 is 2.14 bits per heavy atom. The number of ether oxygens (including phenoxy) is 3. The topological polar surface area (TPSA) is 78.9 Å². The zero-order chi connectivity index (χ0) is 15.5. The van der Waals surface area contributed by atoms with Crippen LogP contribution in [0.4, 0.5) is 0 Å². The fourth-order valence-electron chi connectivity index (χ4n) is 2.27. The van der Waals surface area contributed by atoms with Crippen LogP contribution in [0.15, 0.2) is 23.1 Å². The van der Waals surface area contributed by atoms with Crippen LogP contribution in [-0.4, -0.2) is 40.5 Å². The van der Waals surface area contributed by atoms with Crippen LogP contribution in [0.25, 0.3) is 0 Å². The predicted molar refractivity (Wildman–Crippen MR) is 75.0 cm³/mol. The molecule has 0 saturated heterocycles. The van der Waals surface area contributed by atoms with E-state index in [-0.39, 0.29) is 30.0 Å². The fourth-order valence-corrected chi connectivity index (χ4v) is 3.84. The first-order chi connectivity index (χ1) is 9.97. The molecule has 0 saturated carbocycles. The van der Waals surface area contributed by atoms with E-state index >= 15 is 0 Å². The van der Waals surface area contributed by atoms with E-state index in [0.29, 0.717) is 17.7 Å². The van der Waals surface area contributed by atoms with Gasteiger partial charge in [0.15, 0.2) is 16.4 Å². The molecule has 0 amide bonds. The summed E-state index contributed by atoms with van der Waals surface area (Å²) in [5.41, 5.74) is 0.574. The Labute approximate surface area is 123 Å². The third-order valence-electron chi connectivity index (χ3n) is 3.26. The van der Waals surface area contributed by atoms with Gasteiger partial charge < -0.3 is 14.2 Å². The quantitative estimate of drug-likeness (QED) is 0.766. The van der Waals surface area contributed by atoms with E-state index in [2.05, 4.69) is 0 Å². The van der Waals surface area contributed by atoms with Crippen LogP contribution in [-0.2, 0) is 24.1 Å². The van der Waals surface area contributed by atoms with E-state index in [1.807, 2.05) is 0 Å². The van der Waals surface area contributed by atoms with Gasteiger partial charge in [-0.05, 0) is 31.5 Å². The van der Waals surface area contributed by atoms with E-state index in [1.54, 1.807) is 20.1 Å². The minimum absolute atomic E-state index is 0.0710. The monoisotopic (exact) mass is 314 g/mol. The second-order valence-electron chi connectivity index (χ2n) is 4.63. The Morgan fingerprint density at radius 3 is 2.81 bits per heavy atom. The van der Waals surface area contributed by atoms with Crippen LogP contribution in [0, 0.1) is 0 Å². The minimum atomic E-state index is -3.27. The lowest BCUT2D eigenvalue weighted by Gasteiger charge is -2.24. The smallest absolute Gasteiger partial charge is 0.344 e. The third kappa shape index (κ3) is 3.54. The SMILES string of the molecule is CCOC(=O)COc1ccc2c(c1)C(OC)CCS2(=O)=O. The highest BCUT2D eigenvalue weighted by Crippen LogP contribution is 2.36. The molecule has 0 spiro atoms. The Kier molecular flexibility index (Phi) is 4.84. The third-order valence-corrected chi connectivity index (χ3v) is 5.07. The van der Waals surface area contributed by atoms with E-state index < -0.39 is 15.8 Å². The largest absolute Gasteiger partial charge is 0.482 e. The molecule has 7 heteroatoms. The molecule has 1 aliphatic heterocycles. The number of hydrogen-bond acceptors (Lipinski definition) is 6. The maximum atomic E-state index is 12.0. The van der Waals surface area contributed by atoms with Gasteiger partial charge in [-0.25, -0.2) is 13.2 Å². The molecule has 0 bridgehead atoms. The first-order valence-corrected chi connectivity index (χ1v) is 8.31. The molecule has 1 aliphatic rings. The number of esters is 1. The fraction of sp³-hybridized carbons (Fsp3) is 0.500. The van der Waals surface area contributed by atoms with Gasteiger partial charge in [0, 0.05) is 12.7 Å². The molecule has 1 aromatic rings. The molecule has 0 radical (unpaired) electrons. The summed E-state index contributed by atoms with van der Waals surface area (Å²) in [5, 5.41) is 0. The van der Waals surface area contributed by atoms with Gasteiger partial charge in [-0.1, -0.05) is 0 Å². The number of sulfone groups is 1. The van der Waals surface area contributed by atoms with Crippen molar-refractivity contribution in [1.82, 2.24) is 0 Å². The van der Waals surface area contributed by atoms with Gasteiger partial charge >= 0.3 is 5.97 Å². The number of carbonyl (C=O) groups excluding carboxylic acids is 1. The standard InChI is InChI=1S/C14H18O6S/c1-3-19-14(15)9-20-10-4-5-13-11(8-10)12(18-2)6-7-21(13,16)17/h4-5,8,12H,3,6-7,9H2,1-2H3. The van der Waals surface area contributed by atoms with Crippen LogP contribution in [0.5, 0.6) is 5.75 Å². The highest BCUT2D eigenvalue weighted by atomic mass is 32.2. The highest BCUT2D eigenvalue weighted by molar-refractivity contribution is 7.91. The van der Waals surface area contributed by atoms with Crippen molar-refractivity contribution >= 4 is 15.8 Å². The number of fused-ring (bicyclic) bond motifs is 1. The lowest BCUT2D eigenvalue weighted by atomic mass is 10.1. The Hall–Kier alpha value is -1.60. The van der Waals surface area contributed by atoms with Crippen LogP contribution < -0.4 is 4.74 Å². The van der Waals surface area contributed by atoms with Crippen LogP contribution in [0.3, 0.4) is 0 Å². The molecule has 1 unspecified atom stereocenters. The molecule has 6 nitrogen and oxygen atoms in total. The highest BCUT2D eigenvalue weighted by Gasteiger charge is 2.30. The number of hydrogen-bond donors (Lipinski definition) is 0. The summed E-state index contributed by atoms with van der Waals surface area (Å²) in [5.74, 6) is 0.0220. The van der Waals surface area contributed by atoms with Crippen molar-refractivity contribution in [3.8, 4) is 5.75 Å². The van der Waals surface area contributed by atoms with E-state index in [9.17, 15) is 13.2 Å². The van der Waals surface area contributed by atoms with Gasteiger partial charge in [0.25, 0.3) is 0 Å². The van der Waals surface area contributed by atoms with Crippen molar-refractivity contribution in [2.75, 3.05) is 26.1 Å². The lowest BCUT2D eigenvalue weighted by Crippen LogP contribution is -2.21. The van der Waals surface area contributed by atoms with Crippen molar-refractivity contribution in [2.24, 2.45) is 0 Å². The summed E-state index contributed by atoms with van der Waals surface area (Å²) in [7, 11) is -1.73. The molecule has 0 aromatic heterocycles. The number of carbonyl (C=O) groups is 1. The number of methoxy groups -OCH3 is 1. The van der Waals surface area contributed by atoms with Crippen molar-refractivity contribution < 1.29 is 27.4 Å². The average molecular weight is 314 g/mol. The molecule has 0 N–H and O–H groups in total. The van der Waals surface area contributed by atoms with Gasteiger partial charge in [0.05, 0.1) is 23.4 Å². The van der Waals surface area contributed by atoms with E-state index in [4.69, 9.17) is 14.2 Å². The molecule has 21 heavy (non-hydrogen) atoms. The molecule has 116 valence electrons.